The molecule has 0 aliphatic carbocycles. The molecule has 0 atom stereocenters. The highest BCUT2D eigenvalue weighted by molar-refractivity contribution is 6.28. The topological polar surface area (TPSA) is 89.7 Å². The molecule has 0 fully saturated rings. The number of aromatic nitrogens is 6. The normalized spacial score (nSPS) is 14.2. The molecule has 0 saturated heterocycles. The lowest BCUT2D eigenvalue weighted by atomic mass is 10.2. The lowest BCUT2D eigenvalue weighted by Crippen LogP contribution is -2.40. The summed E-state index contributed by atoms with van der Waals surface area (Å²) in [5, 5.41) is 0.0637. The van der Waals surface area contributed by atoms with Crippen LogP contribution < -0.4 is 0 Å². The maximum absolute atomic E-state index is 12.8. The number of carbonyl (C=O) groups is 1. The predicted molar refractivity (Wildman–Crippen MR) is 94.8 cm³/mol. The Morgan fingerprint density at radius 3 is 2.72 bits per heavy atom. The van der Waals surface area contributed by atoms with Gasteiger partial charge in [-0.3, -0.25) is 4.79 Å². The third kappa shape index (κ3) is 3.77. The first-order valence-electron chi connectivity index (χ1n) is 8.47. The molecule has 29 heavy (non-hydrogen) atoms. The summed E-state index contributed by atoms with van der Waals surface area (Å²) in [6.07, 6.45) is -0.364. The second-order valence-corrected chi connectivity index (χ2v) is 6.75. The summed E-state index contributed by atoms with van der Waals surface area (Å²) in [5.41, 5.74) is 1.82. The van der Waals surface area contributed by atoms with Gasteiger partial charge in [0.2, 0.25) is 11.1 Å². The first-order chi connectivity index (χ1) is 13.7. The van der Waals surface area contributed by atoms with Crippen LogP contribution in [0.1, 0.15) is 27.7 Å². The summed E-state index contributed by atoms with van der Waals surface area (Å²) >= 11 is 5.86. The van der Waals surface area contributed by atoms with E-state index in [2.05, 4.69) is 24.9 Å². The van der Waals surface area contributed by atoms with E-state index in [1.54, 1.807) is 23.9 Å². The van der Waals surface area contributed by atoms with Crippen LogP contribution in [-0.4, -0.2) is 46.8 Å². The quantitative estimate of drug-likeness (QED) is 0.602. The number of imidazole rings is 1. The lowest BCUT2D eigenvalue weighted by molar-refractivity contribution is -0.145. The number of alkyl halides is 3. The molecule has 0 N–H and O–H groups in total. The van der Waals surface area contributed by atoms with E-state index >= 15 is 0 Å². The van der Waals surface area contributed by atoms with Crippen LogP contribution in [0.2, 0.25) is 5.28 Å². The molecule has 0 bridgehead atoms. The molecule has 1 aliphatic heterocycles. The van der Waals surface area contributed by atoms with Gasteiger partial charge in [0.05, 0.1) is 17.9 Å². The highest BCUT2D eigenvalue weighted by Gasteiger charge is 2.35. The van der Waals surface area contributed by atoms with Crippen LogP contribution in [0, 0.1) is 6.92 Å². The molecule has 0 radical (unpaired) electrons. The number of fused-ring (bicyclic) bond motifs is 1. The molecule has 3 aromatic heterocycles. The molecule has 8 nitrogen and oxygen atoms in total. The maximum Gasteiger partial charge on any atom is 0.451 e. The van der Waals surface area contributed by atoms with Crippen molar-refractivity contribution in [3.8, 4) is 11.4 Å². The minimum atomic E-state index is -4.65. The Bertz CT molecular complexity index is 1100. The SMILES string of the molecule is Cc1cnc(Cl)nc1-c1cn2c(n1)C(=O)N(Cc1ccnc(C(F)(F)F)n1)CC2. The largest absolute Gasteiger partial charge is 0.451 e. The minimum absolute atomic E-state index is 0.0637. The smallest absolute Gasteiger partial charge is 0.328 e. The number of carbonyl (C=O) groups excluding carboxylic acids is 1. The molecule has 4 heterocycles. The average Bonchev–Trinajstić information content (AvgIpc) is 3.10. The molecule has 1 aliphatic rings. The Morgan fingerprint density at radius 2 is 1.97 bits per heavy atom. The van der Waals surface area contributed by atoms with Crippen molar-refractivity contribution >= 4 is 17.5 Å². The second kappa shape index (κ2) is 7.07. The average molecular weight is 424 g/mol. The van der Waals surface area contributed by atoms with Gasteiger partial charge in [-0.25, -0.2) is 24.9 Å². The predicted octanol–water partition coefficient (Wildman–Crippen LogP) is 2.77. The zero-order valence-electron chi connectivity index (χ0n) is 15.0. The van der Waals surface area contributed by atoms with Crippen molar-refractivity contribution in [2.75, 3.05) is 6.54 Å². The van der Waals surface area contributed by atoms with E-state index < -0.39 is 17.9 Å². The third-order valence-corrected chi connectivity index (χ3v) is 4.55. The van der Waals surface area contributed by atoms with Crippen molar-refractivity contribution in [2.24, 2.45) is 0 Å². The molecule has 0 spiro atoms. The van der Waals surface area contributed by atoms with E-state index in [9.17, 15) is 18.0 Å². The minimum Gasteiger partial charge on any atom is -0.328 e. The molecule has 1 amide bonds. The van der Waals surface area contributed by atoms with Crippen LogP contribution in [0.4, 0.5) is 13.2 Å². The molecule has 150 valence electrons. The van der Waals surface area contributed by atoms with Gasteiger partial charge in [0.1, 0.15) is 5.69 Å². The maximum atomic E-state index is 12.8. The Morgan fingerprint density at radius 1 is 1.17 bits per heavy atom. The van der Waals surface area contributed by atoms with Crippen molar-refractivity contribution in [3.63, 3.8) is 0 Å². The van der Waals surface area contributed by atoms with Crippen molar-refractivity contribution in [1.29, 1.82) is 0 Å². The summed E-state index contributed by atoms with van der Waals surface area (Å²) in [7, 11) is 0. The fourth-order valence-corrected chi connectivity index (χ4v) is 3.12. The molecule has 0 aromatic carbocycles. The van der Waals surface area contributed by atoms with Crippen molar-refractivity contribution < 1.29 is 18.0 Å². The summed E-state index contributed by atoms with van der Waals surface area (Å²) in [6, 6.07) is 1.35. The van der Waals surface area contributed by atoms with Gasteiger partial charge < -0.3 is 9.47 Å². The van der Waals surface area contributed by atoms with Crippen molar-refractivity contribution in [2.45, 2.75) is 26.2 Å². The first-order valence-corrected chi connectivity index (χ1v) is 8.85. The van der Waals surface area contributed by atoms with Gasteiger partial charge in [0.15, 0.2) is 5.82 Å². The molecular weight excluding hydrogens is 411 g/mol. The first kappa shape index (κ1) is 19.2. The number of rotatable bonds is 3. The number of hydrogen-bond acceptors (Lipinski definition) is 6. The molecular formula is C17H13ClF3N7O. The molecule has 0 saturated carbocycles. The van der Waals surface area contributed by atoms with E-state index in [0.29, 0.717) is 24.5 Å². The summed E-state index contributed by atoms with van der Waals surface area (Å²) < 4.78 is 40.1. The van der Waals surface area contributed by atoms with Crippen LogP contribution >= 0.6 is 11.6 Å². The van der Waals surface area contributed by atoms with Crippen LogP contribution in [0.3, 0.4) is 0 Å². The number of hydrogen-bond donors (Lipinski definition) is 0. The summed E-state index contributed by atoms with van der Waals surface area (Å²) in [5.74, 6) is -1.47. The van der Waals surface area contributed by atoms with Gasteiger partial charge in [0.25, 0.3) is 5.91 Å². The van der Waals surface area contributed by atoms with Crippen LogP contribution in [0.15, 0.2) is 24.7 Å². The summed E-state index contributed by atoms with van der Waals surface area (Å²) in [6.45, 7) is 2.45. The highest BCUT2D eigenvalue weighted by atomic mass is 35.5. The lowest BCUT2D eigenvalue weighted by Gasteiger charge is -2.27. The van der Waals surface area contributed by atoms with E-state index in [-0.39, 0.29) is 23.3 Å². The Balaban J connectivity index is 1.59. The number of aryl methyl sites for hydroxylation is 1. The standard InChI is InChI=1S/C17H13ClF3N7O/c1-9-6-23-16(18)26-12(9)11-8-27-4-5-28(14(29)13(27)25-11)7-10-2-3-22-15(24-10)17(19,20)21/h2-3,6,8H,4-5,7H2,1H3. The zero-order valence-corrected chi connectivity index (χ0v) is 15.7. The van der Waals surface area contributed by atoms with E-state index in [1.165, 1.54) is 11.0 Å². The Kier molecular flexibility index (Phi) is 4.69. The van der Waals surface area contributed by atoms with Crippen LogP contribution in [-0.2, 0) is 19.3 Å². The zero-order chi connectivity index (χ0) is 20.8. The fourth-order valence-electron chi connectivity index (χ4n) is 2.99. The summed E-state index contributed by atoms with van der Waals surface area (Å²) in [4.78, 5) is 33.4. The third-order valence-electron chi connectivity index (χ3n) is 4.37. The van der Waals surface area contributed by atoms with E-state index in [1.807, 2.05) is 0 Å². The Labute approximate surface area is 167 Å². The number of amides is 1. The van der Waals surface area contributed by atoms with E-state index in [0.717, 1.165) is 11.8 Å². The number of nitrogens with zero attached hydrogens (tertiary/aromatic N) is 7. The molecule has 4 rings (SSSR count). The molecule has 3 aromatic rings. The second-order valence-electron chi connectivity index (χ2n) is 6.41. The van der Waals surface area contributed by atoms with Gasteiger partial charge in [-0.1, -0.05) is 0 Å². The van der Waals surface area contributed by atoms with Gasteiger partial charge in [-0.15, -0.1) is 0 Å². The van der Waals surface area contributed by atoms with E-state index in [4.69, 9.17) is 11.6 Å². The fraction of sp³-hybridized carbons (Fsp3) is 0.294. The van der Waals surface area contributed by atoms with Gasteiger partial charge in [-0.05, 0) is 30.2 Å². The molecule has 12 heteroatoms. The van der Waals surface area contributed by atoms with Gasteiger partial charge in [0, 0.05) is 31.7 Å². The Hall–Kier alpha value is -3.08. The van der Waals surface area contributed by atoms with Crippen molar-refractivity contribution in [3.05, 3.63) is 52.8 Å². The molecule has 0 unspecified atom stereocenters. The van der Waals surface area contributed by atoms with Gasteiger partial charge in [-0.2, -0.15) is 13.2 Å². The highest BCUT2D eigenvalue weighted by Crippen LogP contribution is 2.27. The monoisotopic (exact) mass is 423 g/mol. The van der Waals surface area contributed by atoms with Gasteiger partial charge >= 0.3 is 6.18 Å². The van der Waals surface area contributed by atoms with Crippen LogP contribution in [0.25, 0.3) is 11.4 Å². The van der Waals surface area contributed by atoms with Crippen molar-refractivity contribution in [1.82, 2.24) is 34.4 Å². The van der Waals surface area contributed by atoms with Crippen LogP contribution in [0.5, 0.6) is 0 Å². The number of halogens is 4.